The number of carbonyl (C=O) groups is 2. The van der Waals surface area contributed by atoms with Crippen LogP contribution in [0.4, 0.5) is 0 Å². The fourth-order valence-electron chi connectivity index (χ4n) is 2.51. The number of ether oxygens (including phenoxy) is 3. The second kappa shape index (κ2) is 9.24. The molecule has 25 heavy (non-hydrogen) atoms. The number of aliphatic hydroxyl groups excluding tert-OH is 1. The number of carbonyl (C=O) groups excluding carboxylic acids is 2. The van der Waals surface area contributed by atoms with Gasteiger partial charge in [-0.1, -0.05) is 0 Å². The maximum Gasteiger partial charge on any atom is 0.261 e. The Bertz CT molecular complexity index is 577. The normalized spacial score (nSPS) is 18.0. The molecular formula is C17H24N2O6. The van der Waals surface area contributed by atoms with Gasteiger partial charge in [0.1, 0.15) is 11.5 Å². The van der Waals surface area contributed by atoms with Crippen molar-refractivity contribution in [2.45, 2.75) is 6.10 Å². The highest BCUT2D eigenvalue weighted by Crippen LogP contribution is 2.17. The zero-order chi connectivity index (χ0) is 18.2. The van der Waals surface area contributed by atoms with Gasteiger partial charge >= 0.3 is 0 Å². The first-order chi connectivity index (χ1) is 12.0. The minimum Gasteiger partial charge on any atom is -0.497 e. The number of nitrogens with zero attached hydrogens (tertiary/aromatic N) is 2. The quantitative estimate of drug-likeness (QED) is 0.728. The number of amides is 2. The van der Waals surface area contributed by atoms with Gasteiger partial charge in [0, 0.05) is 26.7 Å². The lowest BCUT2D eigenvalue weighted by atomic mass is 10.3. The minimum atomic E-state index is -0.798. The second-order valence-electron chi connectivity index (χ2n) is 5.72. The Labute approximate surface area is 146 Å². The summed E-state index contributed by atoms with van der Waals surface area (Å²) in [5, 5.41) is 10.1. The average molecular weight is 352 g/mol. The highest BCUT2D eigenvalue weighted by Gasteiger charge is 2.29. The summed E-state index contributed by atoms with van der Waals surface area (Å²) in [5.74, 6) is 0.650. The molecule has 8 nitrogen and oxygen atoms in total. The molecule has 0 bridgehead atoms. The zero-order valence-electron chi connectivity index (χ0n) is 14.5. The van der Waals surface area contributed by atoms with E-state index in [9.17, 15) is 14.7 Å². The summed E-state index contributed by atoms with van der Waals surface area (Å²) in [6.45, 7) is 0.769. The summed E-state index contributed by atoms with van der Waals surface area (Å²) < 4.78 is 15.5. The molecule has 1 heterocycles. The van der Waals surface area contributed by atoms with Crippen molar-refractivity contribution < 1.29 is 28.9 Å². The Kier molecular flexibility index (Phi) is 7.03. The molecule has 1 aliphatic rings. The number of methoxy groups -OCH3 is 2. The van der Waals surface area contributed by atoms with Crippen molar-refractivity contribution in [1.82, 2.24) is 9.80 Å². The smallest absolute Gasteiger partial charge is 0.261 e. The molecule has 0 aliphatic carbocycles. The predicted molar refractivity (Wildman–Crippen MR) is 89.5 cm³/mol. The zero-order valence-corrected chi connectivity index (χ0v) is 14.5. The van der Waals surface area contributed by atoms with Gasteiger partial charge in [0.05, 0.1) is 26.4 Å². The molecule has 1 aromatic rings. The molecule has 2 rings (SSSR count). The summed E-state index contributed by atoms with van der Waals surface area (Å²) in [5.41, 5.74) is 0. The fourth-order valence-corrected chi connectivity index (χ4v) is 2.51. The van der Waals surface area contributed by atoms with Crippen molar-refractivity contribution in [2.75, 3.05) is 53.6 Å². The Hall–Kier alpha value is -2.32. The van der Waals surface area contributed by atoms with E-state index in [1.165, 1.54) is 9.80 Å². The number of rotatable bonds is 7. The molecule has 1 aromatic carbocycles. The van der Waals surface area contributed by atoms with Crippen molar-refractivity contribution in [1.29, 1.82) is 0 Å². The van der Waals surface area contributed by atoms with Gasteiger partial charge in [-0.3, -0.25) is 9.59 Å². The number of hydrogen-bond acceptors (Lipinski definition) is 6. The molecule has 0 spiro atoms. The van der Waals surface area contributed by atoms with Crippen LogP contribution in [0.5, 0.6) is 11.5 Å². The average Bonchev–Trinajstić information content (AvgIpc) is 2.76. The standard InChI is InChI=1S/C17H24N2O6/c1-23-8-7-18-9-13(20)10-19(11-16(18)21)17(22)12-25-15-5-3-14(24-2)4-6-15/h3-6,13,20H,7-12H2,1-2H3. The van der Waals surface area contributed by atoms with Gasteiger partial charge in [-0.25, -0.2) is 0 Å². The second-order valence-corrected chi connectivity index (χ2v) is 5.72. The van der Waals surface area contributed by atoms with Crippen molar-refractivity contribution in [3.8, 4) is 11.5 Å². The van der Waals surface area contributed by atoms with Gasteiger partial charge in [-0.05, 0) is 24.3 Å². The molecule has 0 radical (unpaired) electrons. The van der Waals surface area contributed by atoms with Gasteiger partial charge in [0.2, 0.25) is 5.91 Å². The molecule has 2 amide bonds. The van der Waals surface area contributed by atoms with E-state index in [0.717, 1.165) is 0 Å². The Morgan fingerprint density at radius 1 is 1.20 bits per heavy atom. The molecule has 1 saturated heterocycles. The van der Waals surface area contributed by atoms with Crippen LogP contribution >= 0.6 is 0 Å². The van der Waals surface area contributed by atoms with E-state index in [2.05, 4.69) is 0 Å². The molecule has 138 valence electrons. The summed E-state index contributed by atoms with van der Waals surface area (Å²) in [6.07, 6.45) is -0.798. The van der Waals surface area contributed by atoms with E-state index in [1.807, 2.05) is 0 Å². The molecule has 8 heteroatoms. The first-order valence-electron chi connectivity index (χ1n) is 8.03. The number of hydrogen-bond donors (Lipinski definition) is 1. The molecular weight excluding hydrogens is 328 g/mol. The SMILES string of the molecule is COCCN1CC(O)CN(C(=O)COc2ccc(OC)cc2)CC1=O. The Morgan fingerprint density at radius 3 is 2.52 bits per heavy atom. The van der Waals surface area contributed by atoms with E-state index in [0.29, 0.717) is 24.7 Å². The molecule has 0 aromatic heterocycles. The predicted octanol–water partition coefficient (Wildman–Crippen LogP) is -0.248. The topological polar surface area (TPSA) is 88.5 Å². The first-order valence-corrected chi connectivity index (χ1v) is 8.03. The maximum atomic E-state index is 12.3. The lowest BCUT2D eigenvalue weighted by Gasteiger charge is -2.21. The monoisotopic (exact) mass is 352 g/mol. The summed E-state index contributed by atoms with van der Waals surface area (Å²) in [6, 6.07) is 6.85. The van der Waals surface area contributed by atoms with E-state index >= 15 is 0 Å². The highest BCUT2D eigenvalue weighted by atomic mass is 16.5. The maximum absolute atomic E-state index is 12.3. The van der Waals surface area contributed by atoms with Crippen molar-refractivity contribution >= 4 is 11.8 Å². The van der Waals surface area contributed by atoms with Crippen molar-refractivity contribution in [2.24, 2.45) is 0 Å². The molecule has 1 unspecified atom stereocenters. The van der Waals surface area contributed by atoms with Crippen LogP contribution in [-0.4, -0.2) is 86.4 Å². The van der Waals surface area contributed by atoms with Gasteiger partial charge in [0.15, 0.2) is 6.61 Å². The molecule has 1 N–H and O–H groups in total. The van der Waals surface area contributed by atoms with E-state index in [-0.39, 0.29) is 38.1 Å². The molecule has 1 atom stereocenters. The van der Waals surface area contributed by atoms with Crippen LogP contribution < -0.4 is 9.47 Å². The van der Waals surface area contributed by atoms with Crippen LogP contribution in [0.3, 0.4) is 0 Å². The van der Waals surface area contributed by atoms with Crippen molar-refractivity contribution in [3.05, 3.63) is 24.3 Å². The van der Waals surface area contributed by atoms with Gasteiger partial charge in [-0.2, -0.15) is 0 Å². The van der Waals surface area contributed by atoms with Gasteiger partial charge in [-0.15, -0.1) is 0 Å². The molecule has 0 saturated carbocycles. The number of β-amino-alcohol motifs (C(OH)–C–C–N with tert-alkyl or cyclic N) is 1. The molecule has 1 aliphatic heterocycles. The van der Waals surface area contributed by atoms with Crippen molar-refractivity contribution in [3.63, 3.8) is 0 Å². The Morgan fingerprint density at radius 2 is 1.88 bits per heavy atom. The van der Waals surface area contributed by atoms with Crippen LogP contribution in [0.25, 0.3) is 0 Å². The van der Waals surface area contributed by atoms with Crippen LogP contribution in [0.1, 0.15) is 0 Å². The van der Waals surface area contributed by atoms with E-state index in [4.69, 9.17) is 14.2 Å². The Balaban J connectivity index is 1.90. The third kappa shape index (κ3) is 5.61. The largest absolute Gasteiger partial charge is 0.497 e. The fraction of sp³-hybridized carbons (Fsp3) is 0.529. The molecule has 1 fully saturated rings. The lowest BCUT2D eigenvalue weighted by Crippen LogP contribution is -2.42. The minimum absolute atomic E-state index is 0.0778. The van der Waals surface area contributed by atoms with Crippen LogP contribution in [0.15, 0.2) is 24.3 Å². The lowest BCUT2D eigenvalue weighted by molar-refractivity contribution is -0.140. The van der Waals surface area contributed by atoms with Crippen LogP contribution in [-0.2, 0) is 14.3 Å². The van der Waals surface area contributed by atoms with Crippen LogP contribution in [0.2, 0.25) is 0 Å². The summed E-state index contributed by atoms with van der Waals surface area (Å²) >= 11 is 0. The van der Waals surface area contributed by atoms with E-state index in [1.54, 1.807) is 38.5 Å². The van der Waals surface area contributed by atoms with Gasteiger partial charge < -0.3 is 29.1 Å². The van der Waals surface area contributed by atoms with Crippen LogP contribution in [0, 0.1) is 0 Å². The summed E-state index contributed by atoms with van der Waals surface area (Å²) in [7, 11) is 3.11. The third-order valence-corrected chi connectivity index (χ3v) is 3.88. The number of benzene rings is 1. The third-order valence-electron chi connectivity index (χ3n) is 3.88. The van der Waals surface area contributed by atoms with Gasteiger partial charge in [0.25, 0.3) is 5.91 Å². The number of aliphatic hydroxyl groups is 1. The highest BCUT2D eigenvalue weighted by molar-refractivity contribution is 5.86. The first kappa shape index (κ1) is 19.0. The van der Waals surface area contributed by atoms with E-state index < -0.39 is 6.10 Å². The summed E-state index contributed by atoms with van der Waals surface area (Å²) in [4.78, 5) is 27.4.